The zero-order chi connectivity index (χ0) is 15.5. The van der Waals surface area contributed by atoms with Crippen LogP contribution in [0.2, 0.25) is 0 Å². The summed E-state index contributed by atoms with van der Waals surface area (Å²) in [6.45, 7) is 2.99. The molecule has 0 aliphatic carbocycles. The first kappa shape index (κ1) is 14.9. The Hall–Kier alpha value is -2.01. The third kappa shape index (κ3) is 3.09. The van der Waals surface area contributed by atoms with Crippen LogP contribution in [0.25, 0.3) is 0 Å². The monoisotopic (exact) mass is 317 g/mol. The molecule has 0 radical (unpaired) electrons. The van der Waals surface area contributed by atoms with E-state index in [1.54, 1.807) is 6.26 Å². The van der Waals surface area contributed by atoms with Gasteiger partial charge in [0, 0.05) is 40.6 Å². The first-order valence-electron chi connectivity index (χ1n) is 7.15. The summed E-state index contributed by atoms with van der Waals surface area (Å²) in [4.78, 5) is 0. The minimum absolute atomic E-state index is 0.281. The fraction of sp³-hybridized carbons (Fsp3) is 0.294. The van der Waals surface area contributed by atoms with Crippen molar-refractivity contribution >= 4 is 16.5 Å². The number of anilines is 1. The van der Waals surface area contributed by atoms with E-state index in [0.29, 0.717) is 12.3 Å². The number of fused-ring (bicyclic) bond motifs is 1. The van der Waals surface area contributed by atoms with Gasteiger partial charge in [0.2, 0.25) is 6.79 Å². The minimum Gasteiger partial charge on any atom is -0.454 e. The van der Waals surface area contributed by atoms with Crippen LogP contribution in [0.5, 0.6) is 11.5 Å². The highest BCUT2D eigenvalue weighted by molar-refractivity contribution is 7.83. The van der Waals surface area contributed by atoms with Crippen LogP contribution in [0, 0.1) is 6.92 Å². The van der Waals surface area contributed by atoms with Crippen molar-refractivity contribution in [3.05, 3.63) is 53.1 Å². The van der Waals surface area contributed by atoms with Crippen LogP contribution in [-0.2, 0) is 23.1 Å². The molecule has 3 rings (SSSR count). The Bertz CT molecular complexity index is 715. The molecule has 1 N–H and O–H groups in total. The standard InChI is InChI=1S/C17H19NO3S/c1-12-14(10-22(2)19)6-3-7-15(12)18-9-13-5-4-8-16-17(13)21-11-20-16/h3-8,18H,9-11H2,1-2H3. The maximum atomic E-state index is 11.4. The van der Waals surface area contributed by atoms with Crippen LogP contribution in [-0.4, -0.2) is 17.3 Å². The second kappa shape index (κ2) is 6.40. The fourth-order valence-corrected chi connectivity index (χ4v) is 3.32. The van der Waals surface area contributed by atoms with Crippen molar-refractivity contribution in [3.63, 3.8) is 0 Å². The third-order valence-electron chi connectivity index (χ3n) is 3.75. The van der Waals surface area contributed by atoms with Gasteiger partial charge in [0.1, 0.15) is 0 Å². The van der Waals surface area contributed by atoms with E-state index in [0.717, 1.165) is 33.9 Å². The van der Waals surface area contributed by atoms with E-state index in [-0.39, 0.29) is 6.79 Å². The largest absolute Gasteiger partial charge is 0.454 e. The number of nitrogens with one attached hydrogen (secondary N) is 1. The van der Waals surface area contributed by atoms with Crippen LogP contribution in [0.4, 0.5) is 5.69 Å². The minimum atomic E-state index is -0.839. The molecule has 1 aliphatic heterocycles. The molecule has 0 aromatic heterocycles. The molecule has 22 heavy (non-hydrogen) atoms. The van der Waals surface area contributed by atoms with Crippen LogP contribution < -0.4 is 14.8 Å². The highest BCUT2D eigenvalue weighted by Crippen LogP contribution is 2.35. The molecule has 1 heterocycles. The average Bonchev–Trinajstić information content (AvgIpc) is 2.97. The smallest absolute Gasteiger partial charge is 0.231 e. The molecular weight excluding hydrogens is 298 g/mol. The van der Waals surface area contributed by atoms with E-state index >= 15 is 0 Å². The number of hydrogen-bond acceptors (Lipinski definition) is 4. The summed E-state index contributed by atoms with van der Waals surface area (Å²) in [5.41, 5.74) is 4.38. The summed E-state index contributed by atoms with van der Waals surface area (Å²) >= 11 is 0. The molecular formula is C17H19NO3S. The zero-order valence-electron chi connectivity index (χ0n) is 12.7. The number of benzene rings is 2. The van der Waals surface area contributed by atoms with Gasteiger partial charge in [-0.1, -0.05) is 24.3 Å². The predicted octanol–water partition coefficient (Wildman–Crippen LogP) is 3.21. The van der Waals surface area contributed by atoms with Crippen molar-refractivity contribution in [1.29, 1.82) is 0 Å². The second-order valence-electron chi connectivity index (χ2n) is 5.31. The van der Waals surface area contributed by atoms with Crippen molar-refractivity contribution < 1.29 is 13.7 Å². The summed E-state index contributed by atoms with van der Waals surface area (Å²) in [6.07, 6.45) is 1.73. The normalized spacial score (nSPS) is 13.9. The number of rotatable bonds is 5. The lowest BCUT2D eigenvalue weighted by Gasteiger charge is -2.14. The van der Waals surface area contributed by atoms with Gasteiger partial charge in [-0.05, 0) is 30.2 Å². The van der Waals surface area contributed by atoms with E-state index in [1.807, 2.05) is 36.4 Å². The van der Waals surface area contributed by atoms with E-state index in [2.05, 4.69) is 12.2 Å². The van der Waals surface area contributed by atoms with Gasteiger partial charge in [-0.2, -0.15) is 0 Å². The van der Waals surface area contributed by atoms with Crippen molar-refractivity contribution in [3.8, 4) is 11.5 Å². The SMILES string of the molecule is Cc1c(CS(C)=O)cccc1NCc1cccc2c1OCO2. The lowest BCUT2D eigenvalue weighted by atomic mass is 10.1. The third-order valence-corrected chi connectivity index (χ3v) is 4.47. The highest BCUT2D eigenvalue weighted by atomic mass is 32.2. The van der Waals surface area contributed by atoms with Crippen molar-refractivity contribution in [2.24, 2.45) is 0 Å². The molecule has 116 valence electrons. The molecule has 1 atom stereocenters. The quantitative estimate of drug-likeness (QED) is 0.920. The van der Waals surface area contributed by atoms with Gasteiger partial charge in [0.25, 0.3) is 0 Å². The molecule has 0 amide bonds. The second-order valence-corrected chi connectivity index (χ2v) is 6.75. The van der Waals surface area contributed by atoms with E-state index < -0.39 is 10.8 Å². The Labute approximate surface area is 132 Å². The Morgan fingerprint density at radius 2 is 1.91 bits per heavy atom. The summed E-state index contributed by atoms with van der Waals surface area (Å²) in [5.74, 6) is 2.20. The van der Waals surface area contributed by atoms with Crippen LogP contribution in [0.15, 0.2) is 36.4 Å². The zero-order valence-corrected chi connectivity index (χ0v) is 13.5. The van der Waals surface area contributed by atoms with E-state index in [1.165, 1.54) is 0 Å². The Morgan fingerprint density at radius 3 is 2.73 bits per heavy atom. The molecule has 0 saturated carbocycles. The molecule has 1 unspecified atom stereocenters. The van der Waals surface area contributed by atoms with Crippen LogP contribution in [0.3, 0.4) is 0 Å². The molecule has 4 nitrogen and oxygen atoms in total. The fourth-order valence-electron chi connectivity index (χ4n) is 2.57. The van der Waals surface area contributed by atoms with E-state index in [9.17, 15) is 4.21 Å². The lowest BCUT2D eigenvalue weighted by Crippen LogP contribution is -2.04. The van der Waals surface area contributed by atoms with Gasteiger partial charge >= 0.3 is 0 Å². The number of para-hydroxylation sites is 1. The Balaban J connectivity index is 1.77. The first-order chi connectivity index (χ1) is 10.6. The molecule has 2 aromatic carbocycles. The van der Waals surface area contributed by atoms with Crippen LogP contribution in [0.1, 0.15) is 16.7 Å². The molecule has 0 fully saturated rings. The predicted molar refractivity (Wildman–Crippen MR) is 88.8 cm³/mol. The van der Waals surface area contributed by atoms with Gasteiger partial charge in [-0.25, -0.2) is 0 Å². The molecule has 5 heteroatoms. The first-order valence-corrected chi connectivity index (χ1v) is 8.88. The van der Waals surface area contributed by atoms with Gasteiger partial charge in [-0.15, -0.1) is 0 Å². The molecule has 1 aliphatic rings. The maximum Gasteiger partial charge on any atom is 0.231 e. The number of hydrogen-bond donors (Lipinski definition) is 1. The summed E-state index contributed by atoms with van der Waals surface area (Å²) in [6, 6.07) is 12.0. The van der Waals surface area contributed by atoms with Gasteiger partial charge < -0.3 is 14.8 Å². The van der Waals surface area contributed by atoms with Gasteiger partial charge in [-0.3, -0.25) is 4.21 Å². The average molecular weight is 317 g/mol. The lowest BCUT2D eigenvalue weighted by molar-refractivity contribution is 0.173. The van der Waals surface area contributed by atoms with Crippen molar-refractivity contribution in [2.45, 2.75) is 19.2 Å². The molecule has 0 spiro atoms. The molecule has 0 bridgehead atoms. The topological polar surface area (TPSA) is 47.6 Å². The summed E-state index contributed by atoms with van der Waals surface area (Å²) < 4.78 is 22.4. The summed E-state index contributed by atoms with van der Waals surface area (Å²) in [7, 11) is -0.839. The highest BCUT2D eigenvalue weighted by Gasteiger charge is 2.17. The van der Waals surface area contributed by atoms with Gasteiger partial charge in [0.15, 0.2) is 11.5 Å². The van der Waals surface area contributed by atoms with Crippen LogP contribution >= 0.6 is 0 Å². The number of ether oxygens (including phenoxy) is 2. The Morgan fingerprint density at radius 1 is 1.14 bits per heavy atom. The Kier molecular flexibility index (Phi) is 4.34. The maximum absolute atomic E-state index is 11.4. The summed E-state index contributed by atoms with van der Waals surface area (Å²) in [5, 5.41) is 3.44. The van der Waals surface area contributed by atoms with Gasteiger partial charge in [0.05, 0.1) is 0 Å². The molecule has 2 aromatic rings. The molecule has 0 saturated heterocycles. The van der Waals surface area contributed by atoms with E-state index in [4.69, 9.17) is 9.47 Å². The van der Waals surface area contributed by atoms with Crippen molar-refractivity contribution in [1.82, 2.24) is 0 Å². The van der Waals surface area contributed by atoms with Crippen molar-refractivity contribution in [2.75, 3.05) is 18.4 Å².